The maximum absolute atomic E-state index is 12.4. The van der Waals surface area contributed by atoms with Crippen LogP contribution in [0.1, 0.15) is 33.1 Å². The molecule has 2 atom stereocenters. The third-order valence-electron chi connectivity index (χ3n) is 3.60. The number of carbonyl (C=O) groups is 2. The molecule has 0 aliphatic carbocycles. The van der Waals surface area contributed by atoms with Crippen molar-refractivity contribution >= 4 is 11.9 Å². The highest BCUT2D eigenvalue weighted by atomic mass is 19.4. The number of carboxylic acids is 1. The molecule has 0 aromatic rings. The lowest BCUT2D eigenvalue weighted by Gasteiger charge is -2.33. The quantitative estimate of drug-likeness (QED) is 0.783. The van der Waals surface area contributed by atoms with Gasteiger partial charge in [0, 0.05) is 6.54 Å². The number of amides is 1. The van der Waals surface area contributed by atoms with Crippen LogP contribution in [0.3, 0.4) is 0 Å². The highest BCUT2D eigenvalue weighted by Gasteiger charge is 2.35. The van der Waals surface area contributed by atoms with E-state index in [2.05, 4.69) is 5.32 Å². The molecule has 128 valence electrons. The number of nitrogens with zero attached hydrogens (tertiary/aromatic N) is 1. The first-order chi connectivity index (χ1) is 10.1. The monoisotopic (exact) mass is 324 g/mol. The van der Waals surface area contributed by atoms with Gasteiger partial charge in [-0.05, 0) is 31.7 Å². The van der Waals surface area contributed by atoms with Gasteiger partial charge >= 0.3 is 12.1 Å². The average Bonchev–Trinajstić information content (AvgIpc) is 2.35. The summed E-state index contributed by atoms with van der Waals surface area (Å²) in [6.45, 7) is 2.96. The van der Waals surface area contributed by atoms with Gasteiger partial charge in [0.25, 0.3) is 0 Å². The van der Waals surface area contributed by atoms with Crippen LogP contribution in [0.5, 0.6) is 0 Å². The summed E-state index contributed by atoms with van der Waals surface area (Å²) in [6.07, 6.45) is -3.02. The van der Waals surface area contributed by atoms with Gasteiger partial charge < -0.3 is 10.4 Å². The molecule has 1 fully saturated rings. The van der Waals surface area contributed by atoms with Gasteiger partial charge in [0.1, 0.15) is 6.04 Å². The molecule has 0 aromatic heterocycles. The Bertz CT molecular complexity index is 399. The number of hydrogen-bond donors (Lipinski definition) is 2. The Labute approximate surface area is 127 Å². The number of halogens is 3. The molecule has 22 heavy (non-hydrogen) atoms. The minimum atomic E-state index is -4.29. The molecule has 2 N–H and O–H groups in total. The molecular formula is C14H23F3N2O3. The van der Waals surface area contributed by atoms with Crippen molar-refractivity contribution in [3.63, 3.8) is 0 Å². The largest absolute Gasteiger partial charge is 0.480 e. The Morgan fingerprint density at radius 2 is 2.00 bits per heavy atom. The third-order valence-corrected chi connectivity index (χ3v) is 3.60. The van der Waals surface area contributed by atoms with Crippen molar-refractivity contribution in [2.45, 2.75) is 45.3 Å². The summed E-state index contributed by atoms with van der Waals surface area (Å²) in [4.78, 5) is 24.5. The summed E-state index contributed by atoms with van der Waals surface area (Å²) in [6, 6.07) is -0.995. The summed E-state index contributed by atoms with van der Waals surface area (Å²) in [5, 5.41) is 11.6. The molecule has 1 saturated heterocycles. The van der Waals surface area contributed by atoms with E-state index < -0.39 is 36.6 Å². The molecule has 0 bridgehead atoms. The Balaban J connectivity index is 2.58. The standard InChI is InChI=1S/C14H23F3N2O3/c1-9(2)6-11(13(21)22)18-12(20)10-4-3-5-19(7-10)8-14(15,16)17/h9-11H,3-8H2,1-2H3,(H,18,20)(H,21,22)/t10?,11-/m1/s1. The lowest BCUT2D eigenvalue weighted by atomic mass is 9.96. The Hall–Kier alpha value is -1.31. The Morgan fingerprint density at radius 3 is 2.50 bits per heavy atom. The van der Waals surface area contributed by atoms with Gasteiger partial charge in [0.2, 0.25) is 5.91 Å². The first-order valence-corrected chi connectivity index (χ1v) is 7.40. The van der Waals surface area contributed by atoms with Crippen LogP contribution in [-0.4, -0.2) is 53.7 Å². The van der Waals surface area contributed by atoms with Crippen LogP contribution in [0.4, 0.5) is 13.2 Å². The number of hydrogen-bond acceptors (Lipinski definition) is 3. The van der Waals surface area contributed by atoms with E-state index in [0.717, 1.165) is 0 Å². The fourth-order valence-corrected chi connectivity index (χ4v) is 2.65. The number of carboxylic acid groups (broad SMARTS) is 1. The molecule has 0 saturated carbocycles. The smallest absolute Gasteiger partial charge is 0.401 e. The van der Waals surface area contributed by atoms with Gasteiger partial charge in [0.15, 0.2) is 0 Å². The van der Waals surface area contributed by atoms with Crippen LogP contribution in [0.15, 0.2) is 0 Å². The molecule has 5 nitrogen and oxygen atoms in total. The van der Waals surface area contributed by atoms with Crippen molar-refractivity contribution in [3.8, 4) is 0 Å². The van der Waals surface area contributed by atoms with Gasteiger partial charge in [-0.25, -0.2) is 4.79 Å². The van der Waals surface area contributed by atoms with Crippen LogP contribution in [0, 0.1) is 11.8 Å². The van der Waals surface area contributed by atoms with Gasteiger partial charge in [-0.3, -0.25) is 9.69 Å². The second kappa shape index (κ2) is 7.80. The minimum absolute atomic E-state index is 0.0133. The van der Waals surface area contributed by atoms with E-state index in [1.54, 1.807) is 0 Å². The predicted octanol–water partition coefficient (Wildman–Crippen LogP) is 1.88. The van der Waals surface area contributed by atoms with Crippen molar-refractivity contribution < 1.29 is 27.9 Å². The summed E-state index contributed by atoms with van der Waals surface area (Å²) in [5.74, 6) is -2.09. The zero-order valence-corrected chi connectivity index (χ0v) is 12.8. The number of nitrogens with one attached hydrogen (secondary N) is 1. The maximum atomic E-state index is 12.4. The molecule has 0 spiro atoms. The fraction of sp³-hybridized carbons (Fsp3) is 0.857. The number of alkyl halides is 3. The lowest BCUT2D eigenvalue weighted by Crippen LogP contribution is -2.49. The van der Waals surface area contributed by atoms with E-state index in [1.807, 2.05) is 13.8 Å². The van der Waals surface area contributed by atoms with Gasteiger partial charge in [0.05, 0.1) is 12.5 Å². The first kappa shape index (κ1) is 18.7. The fourth-order valence-electron chi connectivity index (χ4n) is 2.65. The second-order valence-electron chi connectivity index (χ2n) is 6.22. The van der Waals surface area contributed by atoms with Crippen molar-refractivity contribution in [1.29, 1.82) is 0 Å². The molecule has 1 heterocycles. The molecule has 0 radical (unpaired) electrons. The summed E-state index contributed by atoms with van der Waals surface area (Å²) < 4.78 is 37.2. The van der Waals surface area contributed by atoms with Crippen molar-refractivity contribution in [1.82, 2.24) is 10.2 Å². The molecule has 1 aliphatic heterocycles. The Morgan fingerprint density at radius 1 is 1.36 bits per heavy atom. The molecule has 1 amide bonds. The SMILES string of the molecule is CC(C)C[C@@H](NC(=O)C1CCCN(CC(F)(F)F)C1)C(=O)O. The van der Waals surface area contributed by atoms with Gasteiger partial charge in [-0.1, -0.05) is 13.8 Å². The lowest BCUT2D eigenvalue weighted by molar-refractivity contribution is -0.152. The van der Waals surface area contributed by atoms with Gasteiger partial charge in [-0.15, -0.1) is 0 Å². The predicted molar refractivity (Wildman–Crippen MR) is 74.2 cm³/mol. The van der Waals surface area contributed by atoms with E-state index >= 15 is 0 Å². The van der Waals surface area contributed by atoms with E-state index in [4.69, 9.17) is 5.11 Å². The average molecular weight is 324 g/mol. The first-order valence-electron chi connectivity index (χ1n) is 7.40. The van der Waals surface area contributed by atoms with E-state index in [0.29, 0.717) is 25.8 Å². The Kier molecular flexibility index (Phi) is 6.65. The summed E-state index contributed by atoms with van der Waals surface area (Å²) in [5.41, 5.74) is 0. The van der Waals surface area contributed by atoms with E-state index in [-0.39, 0.29) is 12.5 Å². The molecule has 1 unspecified atom stereocenters. The van der Waals surface area contributed by atoms with Crippen molar-refractivity contribution in [2.24, 2.45) is 11.8 Å². The van der Waals surface area contributed by atoms with Crippen LogP contribution in [0.2, 0.25) is 0 Å². The van der Waals surface area contributed by atoms with Gasteiger partial charge in [-0.2, -0.15) is 13.2 Å². The third kappa shape index (κ3) is 6.64. The summed E-state index contributed by atoms with van der Waals surface area (Å²) in [7, 11) is 0. The molecule has 0 aromatic carbocycles. The summed E-state index contributed by atoms with van der Waals surface area (Å²) >= 11 is 0. The number of rotatable bonds is 6. The minimum Gasteiger partial charge on any atom is -0.480 e. The van der Waals surface area contributed by atoms with Crippen LogP contribution in [0.25, 0.3) is 0 Å². The zero-order chi connectivity index (χ0) is 16.9. The molecule has 1 aliphatic rings. The van der Waals surface area contributed by atoms with Crippen LogP contribution >= 0.6 is 0 Å². The normalized spacial score (nSPS) is 21.6. The number of likely N-dealkylation sites (tertiary alicyclic amines) is 1. The second-order valence-corrected chi connectivity index (χ2v) is 6.22. The van der Waals surface area contributed by atoms with E-state index in [9.17, 15) is 22.8 Å². The molecule has 1 rings (SSSR count). The number of carbonyl (C=O) groups excluding carboxylic acids is 1. The van der Waals surface area contributed by atoms with Crippen LogP contribution in [-0.2, 0) is 9.59 Å². The maximum Gasteiger partial charge on any atom is 0.401 e. The van der Waals surface area contributed by atoms with Crippen LogP contribution < -0.4 is 5.32 Å². The van der Waals surface area contributed by atoms with E-state index in [1.165, 1.54) is 4.90 Å². The number of piperidine rings is 1. The van der Waals surface area contributed by atoms with Crippen molar-refractivity contribution in [3.05, 3.63) is 0 Å². The molecular weight excluding hydrogens is 301 g/mol. The highest BCUT2D eigenvalue weighted by molar-refractivity contribution is 5.85. The highest BCUT2D eigenvalue weighted by Crippen LogP contribution is 2.22. The topological polar surface area (TPSA) is 69.6 Å². The zero-order valence-electron chi connectivity index (χ0n) is 12.8. The van der Waals surface area contributed by atoms with Crippen molar-refractivity contribution in [2.75, 3.05) is 19.6 Å². The number of aliphatic carboxylic acids is 1. The molecule has 8 heteroatoms.